The first-order valence-electron chi connectivity index (χ1n) is 6.48. The molecule has 0 saturated carbocycles. The van der Waals surface area contributed by atoms with E-state index in [0.29, 0.717) is 16.1 Å². The molecule has 0 spiro atoms. The summed E-state index contributed by atoms with van der Waals surface area (Å²) in [5.74, 6) is -0.240. The first kappa shape index (κ1) is 19.6. The Morgan fingerprint density at radius 1 is 1.29 bits per heavy atom. The zero-order valence-electron chi connectivity index (χ0n) is 12.2. The molecule has 0 bridgehead atoms. The van der Waals surface area contributed by atoms with Crippen LogP contribution in [0.25, 0.3) is 0 Å². The van der Waals surface area contributed by atoms with E-state index < -0.39 is 0 Å². The van der Waals surface area contributed by atoms with Gasteiger partial charge >= 0.3 is 0 Å². The number of hydrogen-bond donors (Lipinski definition) is 3. The van der Waals surface area contributed by atoms with E-state index >= 15 is 0 Å². The van der Waals surface area contributed by atoms with Gasteiger partial charge in [0.05, 0.1) is 22.0 Å². The number of nitroso groups, excluding NO2 is 1. The lowest BCUT2D eigenvalue weighted by molar-refractivity contribution is -0.505. The van der Waals surface area contributed by atoms with Gasteiger partial charge in [-0.2, -0.15) is 0 Å². The molecule has 4 N–H and O–H groups in total. The van der Waals surface area contributed by atoms with Crippen LogP contribution in [0.5, 0.6) is 5.75 Å². The Kier molecular flexibility index (Phi) is 7.31. The highest BCUT2D eigenvalue weighted by atomic mass is 35.5. The molecule has 0 unspecified atom stereocenters. The van der Waals surface area contributed by atoms with Gasteiger partial charge in [0.15, 0.2) is 0 Å². The number of halogens is 2. The fourth-order valence-electron chi connectivity index (χ4n) is 1.85. The van der Waals surface area contributed by atoms with Crippen LogP contribution in [0.3, 0.4) is 0 Å². The van der Waals surface area contributed by atoms with Crippen LogP contribution in [0.15, 0.2) is 41.6 Å². The maximum atomic E-state index is 11.8. The van der Waals surface area contributed by atoms with Gasteiger partial charge in [0.25, 0.3) is 5.91 Å². The van der Waals surface area contributed by atoms with Crippen LogP contribution in [0.2, 0.25) is 10.0 Å². The topological polar surface area (TPSA) is 123 Å². The zero-order valence-corrected chi connectivity index (χ0v) is 13.7. The van der Waals surface area contributed by atoms with Gasteiger partial charge < -0.3 is 10.6 Å². The number of nitrogens with one attached hydrogen (secondary N) is 2. The second-order valence-electron chi connectivity index (χ2n) is 4.57. The van der Waals surface area contributed by atoms with Crippen molar-refractivity contribution in [2.45, 2.75) is 6.42 Å². The minimum Gasteiger partial charge on any atom is -0.870 e. The van der Waals surface area contributed by atoms with E-state index in [9.17, 15) is 14.8 Å². The largest absolute Gasteiger partial charge is 0.870 e. The third-order valence-corrected chi connectivity index (χ3v) is 3.63. The molecule has 0 saturated heterocycles. The lowest BCUT2D eigenvalue weighted by Gasteiger charge is -2.01. The quantitative estimate of drug-likeness (QED) is 0.421. The molecular weight excluding hydrogens is 357 g/mol. The Balaban J connectivity index is 0.00000288. The summed E-state index contributed by atoms with van der Waals surface area (Å²) in [6.45, 7) is 0. The summed E-state index contributed by atoms with van der Waals surface area (Å²) in [6.07, 6.45) is 1.44. The molecule has 2 aromatic carbocycles. The molecule has 0 aliphatic rings. The number of hydrazone groups is 1. The van der Waals surface area contributed by atoms with Crippen LogP contribution < -0.4 is 10.5 Å². The van der Waals surface area contributed by atoms with Crippen molar-refractivity contribution < 1.29 is 20.5 Å². The highest BCUT2D eigenvalue weighted by Gasteiger charge is 2.12. The Morgan fingerprint density at radius 3 is 2.71 bits per heavy atom. The molecule has 2 rings (SSSR count). The van der Waals surface area contributed by atoms with Crippen molar-refractivity contribution in [1.29, 1.82) is 0 Å². The number of phenolic OH excluding ortho intramolecular Hbond substituents is 1. The minimum absolute atomic E-state index is 0. The predicted octanol–water partition coefficient (Wildman–Crippen LogP) is 1.69. The summed E-state index contributed by atoms with van der Waals surface area (Å²) >= 11 is 12.0. The maximum absolute atomic E-state index is 11.8. The van der Waals surface area contributed by atoms with Gasteiger partial charge in [-0.1, -0.05) is 35.3 Å². The predicted molar refractivity (Wildman–Crippen MR) is 89.9 cm³/mol. The summed E-state index contributed by atoms with van der Waals surface area (Å²) in [6, 6.07) is 9.26. The van der Waals surface area contributed by atoms with Crippen molar-refractivity contribution in [1.82, 2.24) is 5.43 Å². The molecule has 7 nitrogen and oxygen atoms in total. The molecule has 126 valence electrons. The molecule has 0 radical (unpaired) electrons. The number of aromatic hydroxyl groups is 1. The molecule has 9 heteroatoms. The van der Waals surface area contributed by atoms with Crippen molar-refractivity contribution in [3.8, 4) is 5.75 Å². The maximum Gasteiger partial charge on any atom is 0.278 e. The standard InChI is InChI=1S/C15H11Cl2N3O3.H2O/c16-12-4-5-13(20-23)15(17)11(12)8-18-19-14(22)7-9-2-1-3-10(21)6-9;/h1-6,8,21H,7H2,(H,19,22);1H2/b18-8+;. The highest BCUT2D eigenvalue weighted by molar-refractivity contribution is 6.40. The third-order valence-electron chi connectivity index (χ3n) is 2.91. The third kappa shape index (κ3) is 5.02. The van der Waals surface area contributed by atoms with Crippen molar-refractivity contribution in [2.75, 3.05) is 0 Å². The second-order valence-corrected chi connectivity index (χ2v) is 5.35. The van der Waals surface area contributed by atoms with Gasteiger partial charge in [0.2, 0.25) is 6.21 Å². The van der Waals surface area contributed by atoms with Crippen LogP contribution >= 0.6 is 23.2 Å². The lowest BCUT2D eigenvalue weighted by atomic mass is 10.1. The molecule has 0 fully saturated rings. The van der Waals surface area contributed by atoms with Crippen LogP contribution in [0.1, 0.15) is 11.1 Å². The van der Waals surface area contributed by atoms with Crippen molar-refractivity contribution in [3.63, 3.8) is 0 Å². The molecule has 0 aromatic heterocycles. The molecule has 0 aliphatic carbocycles. The number of benzene rings is 2. The second kappa shape index (κ2) is 8.97. The molecule has 0 heterocycles. The fraction of sp³-hybridized carbons (Fsp3) is 0.0667. The Bertz CT molecular complexity index is 781. The number of nitrogens with zero attached hydrogens (tertiary/aromatic N) is 1. The van der Waals surface area contributed by atoms with Gasteiger partial charge in [-0.25, -0.2) is 0 Å². The molecule has 0 aliphatic heterocycles. The number of carbonyl (C=O) groups excluding carboxylic acids is 1. The molecular formula is C15H13Cl2N3O4. The van der Waals surface area contributed by atoms with Crippen LogP contribution in [0, 0.1) is 4.91 Å². The van der Waals surface area contributed by atoms with Gasteiger partial charge in [-0.05, 0) is 35.0 Å². The Hall–Kier alpha value is -2.48. The van der Waals surface area contributed by atoms with E-state index in [1.807, 2.05) is 0 Å². The fourth-order valence-corrected chi connectivity index (χ4v) is 2.36. The Labute approximate surface area is 147 Å². The number of rotatable bonds is 5. The first-order valence-corrected chi connectivity index (χ1v) is 7.23. The average molecular weight is 370 g/mol. The average Bonchev–Trinajstić information content (AvgIpc) is 2.50. The summed E-state index contributed by atoms with van der Waals surface area (Å²) in [5, 5.41) is 15.1. The van der Waals surface area contributed by atoms with E-state index in [1.165, 1.54) is 30.5 Å². The van der Waals surface area contributed by atoms with E-state index in [0.717, 1.165) is 0 Å². The highest BCUT2D eigenvalue weighted by Crippen LogP contribution is 2.31. The van der Waals surface area contributed by atoms with Crippen LogP contribution in [-0.4, -0.2) is 22.7 Å². The number of amides is 1. The minimum atomic E-state index is -0.330. The normalized spacial score (nSPS) is 10.2. The van der Waals surface area contributed by atoms with Gasteiger partial charge in [-0.3, -0.25) is 4.79 Å². The number of hydrazine groups is 1. The monoisotopic (exact) mass is 369 g/mol. The zero-order chi connectivity index (χ0) is 16.8. The van der Waals surface area contributed by atoms with E-state index in [2.05, 4.69) is 15.7 Å². The van der Waals surface area contributed by atoms with E-state index in [-0.39, 0.29) is 34.3 Å². The smallest absolute Gasteiger partial charge is 0.278 e. The van der Waals surface area contributed by atoms with Gasteiger partial charge in [0, 0.05) is 0 Å². The number of hydrogen-bond acceptors (Lipinski definition) is 5. The van der Waals surface area contributed by atoms with E-state index in [4.69, 9.17) is 23.2 Å². The molecule has 2 aromatic rings. The molecule has 1 amide bonds. The summed E-state index contributed by atoms with van der Waals surface area (Å²) in [4.78, 5) is 22.4. The van der Waals surface area contributed by atoms with Crippen LogP contribution in [-0.2, 0) is 11.2 Å². The van der Waals surface area contributed by atoms with Crippen molar-refractivity contribution >= 4 is 41.0 Å². The number of carbonyl (C=O) groups is 1. The summed E-state index contributed by atoms with van der Waals surface area (Å²) < 4.78 is 0. The van der Waals surface area contributed by atoms with Gasteiger partial charge in [0.1, 0.15) is 11.4 Å². The Morgan fingerprint density at radius 2 is 2.04 bits per heavy atom. The van der Waals surface area contributed by atoms with Gasteiger partial charge in [-0.15, -0.1) is 15.4 Å². The SMILES string of the molecule is O=Nc1ccc(Cl)c(/C=[NH+]/NC(=O)Cc2cccc(O)c2)c1Cl.[OH-]. The van der Waals surface area contributed by atoms with Crippen molar-refractivity contribution in [3.05, 3.63) is 62.5 Å². The van der Waals surface area contributed by atoms with E-state index in [1.54, 1.807) is 12.1 Å². The first-order chi connectivity index (χ1) is 11.0. The molecule has 24 heavy (non-hydrogen) atoms. The summed E-state index contributed by atoms with van der Waals surface area (Å²) in [7, 11) is 0. The van der Waals surface area contributed by atoms with Crippen LogP contribution in [0.4, 0.5) is 5.69 Å². The summed E-state index contributed by atoms with van der Waals surface area (Å²) in [5.41, 5.74) is 3.49. The number of phenols is 1. The van der Waals surface area contributed by atoms with Crippen molar-refractivity contribution in [2.24, 2.45) is 5.18 Å². The lowest BCUT2D eigenvalue weighted by Crippen LogP contribution is -2.82. The molecule has 0 atom stereocenters.